The summed E-state index contributed by atoms with van der Waals surface area (Å²) in [6, 6.07) is 0.0667. The molecule has 2 rings (SSSR count). The third-order valence-corrected chi connectivity index (χ3v) is 4.19. The fraction of sp³-hybridized carbons (Fsp3) is 0.556. The molecule has 15 heavy (non-hydrogen) atoms. The molecule has 0 bridgehead atoms. The molecule has 1 aromatic heterocycles. The van der Waals surface area contributed by atoms with E-state index in [1.165, 1.54) is 0 Å². The minimum Gasteiger partial charge on any atom is -0.307 e. The van der Waals surface area contributed by atoms with Crippen LogP contribution in [0.1, 0.15) is 12.1 Å². The van der Waals surface area contributed by atoms with Gasteiger partial charge in [0.1, 0.15) is 0 Å². The lowest BCUT2D eigenvalue weighted by Crippen LogP contribution is -2.29. The van der Waals surface area contributed by atoms with E-state index in [1.807, 2.05) is 0 Å². The van der Waals surface area contributed by atoms with Gasteiger partial charge in [-0.05, 0) is 6.42 Å². The average Bonchev–Trinajstić information content (AvgIpc) is 2.57. The van der Waals surface area contributed by atoms with E-state index < -0.39 is 9.84 Å². The molecule has 1 unspecified atom stereocenters. The van der Waals surface area contributed by atoms with Gasteiger partial charge >= 0.3 is 0 Å². The topological polar surface area (TPSA) is 72.0 Å². The molecule has 0 amide bonds. The Morgan fingerprint density at radius 3 is 2.93 bits per heavy atom. The maximum atomic E-state index is 11.2. The van der Waals surface area contributed by atoms with Gasteiger partial charge in [0.2, 0.25) is 0 Å². The predicted molar refractivity (Wildman–Crippen MR) is 55.9 cm³/mol. The number of nitrogens with one attached hydrogen (secondary N) is 1. The van der Waals surface area contributed by atoms with Crippen LogP contribution in [-0.4, -0.2) is 35.9 Å². The van der Waals surface area contributed by atoms with Gasteiger partial charge in [0.05, 0.1) is 17.2 Å². The van der Waals surface area contributed by atoms with Crippen LogP contribution in [0, 0.1) is 0 Å². The Labute approximate surface area is 88.9 Å². The summed E-state index contributed by atoms with van der Waals surface area (Å²) < 4.78 is 22.4. The first-order chi connectivity index (χ1) is 7.16. The second-order valence-electron chi connectivity index (χ2n) is 3.68. The third kappa shape index (κ3) is 2.97. The maximum Gasteiger partial charge on any atom is 0.151 e. The molecule has 0 radical (unpaired) electrons. The van der Waals surface area contributed by atoms with E-state index in [9.17, 15) is 8.42 Å². The molecule has 82 valence electrons. The van der Waals surface area contributed by atoms with E-state index in [0.29, 0.717) is 18.7 Å². The van der Waals surface area contributed by atoms with Gasteiger partial charge in [-0.2, -0.15) is 0 Å². The molecule has 1 aliphatic heterocycles. The van der Waals surface area contributed by atoms with Crippen molar-refractivity contribution < 1.29 is 8.42 Å². The summed E-state index contributed by atoms with van der Waals surface area (Å²) in [6.07, 6.45) is 5.62. The van der Waals surface area contributed by atoms with E-state index in [0.717, 1.165) is 5.69 Å². The molecule has 1 fully saturated rings. The first-order valence-electron chi connectivity index (χ1n) is 4.84. The molecule has 1 aliphatic rings. The highest BCUT2D eigenvalue weighted by atomic mass is 32.2. The van der Waals surface area contributed by atoms with Crippen LogP contribution >= 0.6 is 0 Å². The molecule has 2 heterocycles. The van der Waals surface area contributed by atoms with Crippen molar-refractivity contribution in [1.29, 1.82) is 0 Å². The molecule has 6 heteroatoms. The van der Waals surface area contributed by atoms with Crippen LogP contribution < -0.4 is 5.32 Å². The van der Waals surface area contributed by atoms with Gasteiger partial charge in [-0.1, -0.05) is 0 Å². The van der Waals surface area contributed by atoms with Crippen LogP contribution in [0.2, 0.25) is 0 Å². The van der Waals surface area contributed by atoms with Crippen molar-refractivity contribution in [3.63, 3.8) is 0 Å². The minimum absolute atomic E-state index is 0.0667. The van der Waals surface area contributed by atoms with E-state index in [2.05, 4.69) is 15.3 Å². The third-order valence-electron chi connectivity index (χ3n) is 2.42. The van der Waals surface area contributed by atoms with Gasteiger partial charge in [0.15, 0.2) is 9.84 Å². The van der Waals surface area contributed by atoms with E-state index in [1.54, 1.807) is 18.6 Å². The lowest BCUT2D eigenvalue weighted by Gasteiger charge is -2.09. The molecule has 1 saturated heterocycles. The molecular formula is C9H13N3O2S. The van der Waals surface area contributed by atoms with Crippen molar-refractivity contribution in [2.75, 3.05) is 11.5 Å². The summed E-state index contributed by atoms with van der Waals surface area (Å²) in [4.78, 5) is 8.04. The first kappa shape index (κ1) is 10.5. The Morgan fingerprint density at radius 2 is 2.33 bits per heavy atom. The van der Waals surface area contributed by atoms with Crippen LogP contribution in [0.3, 0.4) is 0 Å². The number of hydrogen-bond donors (Lipinski definition) is 1. The van der Waals surface area contributed by atoms with Crippen molar-refractivity contribution in [2.24, 2.45) is 0 Å². The summed E-state index contributed by atoms with van der Waals surface area (Å²) in [5.74, 6) is 0.540. The average molecular weight is 227 g/mol. The maximum absolute atomic E-state index is 11.2. The number of hydrogen-bond acceptors (Lipinski definition) is 5. The lowest BCUT2D eigenvalue weighted by molar-refractivity contribution is 0.548. The molecule has 0 aliphatic carbocycles. The molecule has 1 aromatic rings. The summed E-state index contributed by atoms with van der Waals surface area (Å²) in [6.45, 7) is 0.577. The van der Waals surface area contributed by atoms with Crippen molar-refractivity contribution in [3.05, 3.63) is 24.3 Å². The zero-order valence-corrected chi connectivity index (χ0v) is 9.07. The summed E-state index contributed by atoms with van der Waals surface area (Å²) in [7, 11) is -2.80. The van der Waals surface area contributed by atoms with Crippen molar-refractivity contribution in [3.8, 4) is 0 Å². The Hall–Kier alpha value is -1.01. The van der Waals surface area contributed by atoms with Gasteiger partial charge in [-0.15, -0.1) is 0 Å². The van der Waals surface area contributed by atoms with Crippen LogP contribution in [0.25, 0.3) is 0 Å². The Kier molecular flexibility index (Phi) is 2.97. The summed E-state index contributed by atoms with van der Waals surface area (Å²) in [5.41, 5.74) is 0.835. The van der Waals surface area contributed by atoms with Crippen molar-refractivity contribution >= 4 is 9.84 Å². The quantitative estimate of drug-likeness (QED) is 0.771. The fourth-order valence-corrected chi connectivity index (χ4v) is 3.33. The summed E-state index contributed by atoms with van der Waals surface area (Å²) >= 11 is 0. The van der Waals surface area contributed by atoms with E-state index >= 15 is 0 Å². The second-order valence-corrected chi connectivity index (χ2v) is 5.91. The predicted octanol–water partition coefficient (Wildman–Crippen LogP) is -0.247. The van der Waals surface area contributed by atoms with E-state index in [-0.39, 0.29) is 11.8 Å². The highest BCUT2D eigenvalue weighted by molar-refractivity contribution is 7.91. The Bertz CT molecular complexity index is 418. The van der Waals surface area contributed by atoms with Gasteiger partial charge in [0, 0.05) is 31.2 Å². The van der Waals surface area contributed by atoms with Gasteiger partial charge in [-0.3, -0.25) is 9.97 Å². The molecule has 1 N–H and O–H groups in total. The lowest BCUT2D eigenvalue weighted by atomic mass is 10.2. The molecule has 1 atom stereocenters. The van der Waals surface area contributed by atoms with Crippen LogP contribution in [0.15, 0.2) is 18.6 Å². The molecule has 5 nitrogen and oxygen atoms in total. The SMILES string of the molecule is O=S1(=O)CCC(NCc2cnccn2)C1. The zero-order valence-electron chi connectivity index (χ0n) is 8.26. The standard InChI is InChI=1S/C9H13N3O2S/c13-15(14)4-1-8(7-15)12-6-9-5-10-2-3-11-9/h2-3,5,8,12H,1,4,6-7H2. The van der Waals surface area contributed by atoms with Crippen LogP contribution in [0.5, 0.6) is 0 Å². The Morgan fingerprint density at radius 1 is 1.47 bits per heavy atom. The molecular weight excluding hydrogens is 214 g/mol. The van der Waals surface area contributed by atoms with Crippen LogP contribution in [-0.2, 0) is 16.4 Å². The van der Waals surface area contributed by atoms with Gasteiger partial charge < -0.3 is 5.32 Å². The smallest absolute Gasteiger partial charge is 0.151 e. The zero-order chi connectivity index (χ0) is 10.7. The van der Waals surface area contributed by atoms with Crippen molar-refractivity contribution in [2.45, 2.75) is 19.0 Å². The van der Waals surface area contributed by atoms with Gasteiger partial charge in [0.25, 0.3) is 0 Å². The number of aromatic nitrogens is 2. The number of nitrogens with zero attached hydrogens (tertiary/aromatic N) is 2. The molecule has 0 aromatic carbocycles. The number of rotatable bonds is 3. The second kappa shape index (κ2) is 4.24. The minimum atomic E-state index is -2.80. The molecule has 0 spiro atoms. The van der Waals surface area contributed by atoms with Crippen molar-refractivity contribution in [1.82, 2.24) is 15.3 Å². The Balaban J connectivity index is 1.85. The fourth-order valence-electron chi connectivity index (χ4n) is 1.63. The highest BCUT2D eigenvalue weighted by Gasteiger charge is 2.27. The summed E-state index contributed by atoms with van der Waals surface area (Å²) in [5, 5.41) is 3.17. The van der Waals surface area contributed by atoms with Crippen LogP contribution in [0.4, 0.5) is 0 Å². The molecule has 0 saturated carbocycles. The largest absolute Gasteiger partial charge is 0.307 e. The first-order valence-corrected chi connectivity index (χ1v) is 6.66. The highest BCUT2D eigenvalue weighted by Crippen LogP contribution is 2.11. The normalized spacial score (nSPS) is 24.1. The van der Waals surface area contributed by atoms with E-state index in [4.69, 9.17) is 0 Å². The monoisotopic (exact) mass is 227 g/mol. The van der Waals surface area contributed by atoms with Gasteiger partial charge in [-0.25, -0.2) is 8.42 Å². The number of sulfone groups is 1.